The molecule has 1 aromatic rings. The average Bonchev–Trinajstić information content (AvgIpc) is 3.07. The average molecular weight is 273 g/mol. The highest BCUT2D eigenvalue weighted by molar-refractivity contribution is 5.90. The van der Waals surface area contributed by atoms with E-state index in [9.17, 15) is 22.4 Å². The Kier molecular flexibility index (Phi) is 2.77. The second kappa shape index (κ2) is 3.95. The summed E-state index contributed by atoms with van der Waals surface area (Å²) in [6, 6.07) is 2.79. The lowest BCUT2D eigenvalue weighted by Gasteiger charge is -2.16. The lowest BCUT2D eigenvalue weighted by Crippen LogP contribution is -2.19. The Morgan fingerprint density at radius 3 is 2.32 bits per heavy atom. The first kappa shape index (κ1) is 13.3. The summed E-state index contributed by atoms with van der Waals surface area (Å²) in [6.07, 6.45) is -4.62. The van der Waals surface area contributed by atoms with Crippen molar-refractivity contribution in [3.63, 3.8) is 0 Å². The number of carboxylic acid groups (broad SMARTS) is 1. The first-order valence-corrected chi connectivity index (χ1v) is 5.28. The standard InChI is InChI=1S/C12H7F4NO2/c13-9-7(12(14,15)16)2-1-6(10(18)19)8(9)11(5-17)3-4-11/h1-2H,3-4H2,(H,18,19). The summed E-state index contributed by atoms with van der Waals surface area (Å²) < 4.78 is 51.8. The van der Waals surface area contributed by atoms with Crippen molar-refractivity contribution in [1.82, 2.24) is 0 Å². The van der Waals surface area contributed by atoms with Crippen molar-refractivity contribution in [3.8, 4) is 6.07 Å². The summed E-state index contributed by atoms with van der Waals surface area (Å²) in [4.78, 5) is 11.0. The van der Waals surface area contributed by atoms with Crippen LogP contribution in [0.2, 0.25) is 0 Å². The number of halogens is 4. The van der Waals surface area contributed by atoms with Crippen molar-refractivity contribution in [2.24, 2.45) is 0 Å². The molecular formula is C12H7F4NO2. The number of nitriles is 1. The molecule has 0 bridgehead atoms. The minimum Gasteiger partial charge on any atom is -0.478 e. The highest BCUT2D eigenvalue weighted by Crippen LogP contribution is 2.51. The highest BCUT2D eigenvalue weighted by atomic mass is 19.4. The van der Waals surface area contributed by atoms with E-state index in [0.29, 0.717) is 12.1 Å². The zero-order valence-electron chi connectivity index (χ0n) is 9.38. The van der Waals surface area contributed by atoms with Gasteiger partial charge in [0.2, 0.25) is 0 Å². The van der Waals surface area contributed by atoms with Gasteiger partial charge in [-0.1, -0.05) is 0 Å². The predicted octanol–water partition coefficient (Wildman–Crippen LogP) is 3.10. The molecule has 0 spiro atoms. The predicted molar refractivity (Wildman–Crippen MR) is 54.9 cm³/mol. The third-order valence-corrected chi connectivity index (χ3v) is 3.12. The smallest absolute Gasteiger partial charge is 0.419 e. The van der Waals surface area contributed by atoms with Gasteiger partial charge in [0, 0.05) is 5.56 Å². The molecule has 7 heteroatoms. The van der Waals surface area contributed by atoms with Crippen LogP contribution in [0.25, 0.3) is 0 Å². The van der Waals surface area contributed by atoms with E-state index in [0.717, 1.165) is 0 Å². The molecule has 1 fully saturated rings. The molecule has 0 aromatic heterocycles. The monoisotopic (exact) mass is 273 g/mol. The summed E-state index contributed by atoms with van der Waals surface area (Å²) in [5.41, 5.74) is -4.24. The fraction of sp³-hybridized carbons (Fsp3) is 0.333. The minimum absolute atomic E-state index is 0.155. The van der Waals surface area contributed by atoms with Crippen LogP contribution in [-0.4, -0.2) is 11.1 Å². The number of alkyl halides is 3. The third-order valence-electron chi connectivity index (χ3n) is 3.12. The van der Waals surface area contributed by atoms with Gasteiger partial charge in [0.15, 0.2) is 0 Å². The van der Waals surface area contributed by atoms with Crippen molar-refractivity contribution in [2.45, 2.75) is 24.4 Å². The van der Waals surface area contributed by atoms with Crippen LogP contribution >= 0.6 is 0 Å². The SMILES string of the molecule is N#CC1(c2c(C(=O)O)ccc(C(F)(F)F)c2F)CC1. The Labute approximate surface area is 105 Å². The number of hydrogen-bond donors (Lipinski definition) is 1. The van der Waals surface area contributed by atoms with Crippen molar-refractivity contribution in [1.29, 1.82) is 5.26 Å². The largest absolute Gasteiger partial charge is 0.478 e. The van der Waals surface area contributed by atoms with E-state index >= 15 is 0 Å². The normalized spacial score (nSPS) is 16.8. The van der Waals surface area contributed by atoms with E-state index < -0.39 is 40.1 Å². The molecule has 0 saturated heterocycles. The molecule has 0 unspecified atom stereocenters. The van der Waals surface area contributed by atoms with Crippen LogP contribution in [0.1, 0.15) is 34.3 Å². The molecule has 1 saturated carbocycles. The number of nitrogens with zero attached hydrogens (tertiary/aromatic N) is 1. The van der Waals surface area contributed by atoms with Crippen LogP contribution in [0.3, 0.4) is 0 Å². The lowest BCUT2D eigenvalue weighted by molar-refractivity contribution is -0.140. The molecule has 100 valence electrons. The van der Waals surface area contributed by atoms with Crippen molar-refractivity contribution in [2.75, 3.05) is 0 Å². The molecule has 2 rings (SSSR count). The minimum atomic E-state index is -4.93. The van der Waals surface area contributed by atoms with Gasteiger partial charge in [-0.05, 0) is 25.0 Å². The first-order valence-electron chi connectivity index (χ1n) is 5.28. The molecule has 1 aliphatic carbocycles. The maximum Gasteiger partial charge on any atom is 0.419 e. The van der Waals surface area contributed by atoms with Gasteiger partial charge in [0.25, 0.3) is 0 Å². The Morgan fingerprint density at radius 1 is 1.37 bits per heavy atom. The maximum absolute atomic E-state index is 14.0. The second-order valence-corrected chi connectivity index (χ2v) is 4.35. The van der Waals surface area contributed by atoms with Crippen molar-refractivity contribution >= 4 is 5.97 Å². The number of hydrogen-bond acceptors (Lipinski definition) is 2. The molecule has 0 aliphatic heterocycles. The molecule has 3 nitrogen and oxygen atoms in total. The van der Waals surface area contributed by atoms with Gasteiger partial charge in [-0.3, -0.25) is 0 Å². The van der Waals surface area contributed by atoms with E-state index in [4.69, 9.17) is 10.4 Å². The van der Waals surface area contributed by atoms with Gasteiger partial charge in [-0.25, -0.2) is 9.18 Å². The Morgan fingerprint density at radius 2 is 1.95 bits per heavy atom. The molecule has 0 atom stereocenters. The first-order chi connectivity index (χ1) is 8.73. The summed E-state index contributed by atoms with van der Waals surface area (Å²) in [6.45, 7) is 0. The van der Waals surface area contributed by atoms with Crippen LogP contribution in [-0.2, 0) is 11.6 Å². The summed E-state index contributed by atoms with van der Waals surface area (Å²) >= 11 is 0. The van der Waals surface area contributed by atoms with Crippen LogP contribution in [0, 0.1) is 17.1 Å². The fourth-order valence-corrected chi connectivity index (χ4v) is 1.98. The van der Waals surface area contributed by atoms with Crippen molar-refractivity contribution < 1.29 is 27.5 Å². The van der Waals surface area contributed by atoms with E-state index in [-0.39, 0.29) is 12.8 Å². The summed E-state index contributed by atoms with van der Waals surface area (Å²) in [5.74, 6) is -3.21. The van der Waals surface area contributed by atoms with Gasteiger partial charge in [-0.2, -0.15) is 18.4 Å². The molecule has 0 amide bonds. The molecule has 19 heavy (non-hydrogen) atoms. The lowest BCUT2D eigenvalue weighted by atomic mass is 9.90. The van der Waals surface area contributed by atoms with Gasteiger partial charge in [0.05, 0.1) is 22.6 Å². The van der Waals surface area contributed by atoms with E-state index in [1.807, 2.05) is 0 Å². The van der Waals surface area contributed by atoms with E-state index in [1.165, 1.54) is 0 Å². The Bertz CT molecular complexity index is 597. The quantitative estimate of drug-likeness (QED) is 0.842. The Hall–Kier alpha value is -2.10. The number of rotatable bonds is 2. The number of carbonyl (C=O) groups is 1. The second-order valence-electron chi connectivity index (χ2n) is 4.35. The number of benzene rings is 1. The molecule has 0 radical (unpaired) electrons. The third kappa shape index (κ3) is 2.03. The topological polar surface area (TPSA) is 61.1 Å². The van der Waals surface area contributed by atoms with Gasteiger partial charge in [0.1, 0.15) is 5.82 Å². The van der Waals surface area contributed by atoms with Crippen LogP contribution < -0.4 is 0 Å². The Balaban J connectivity index is 2.74. The van der Waals surface area contributed by atoms with Crippen LogP contribution in [0.5, 0.6) is 0 Å². The molecule has 1 N–H and O–H groups in total. The summed E-state index contributed by atoms with van der Waals surface area (Å²) in [5, 5.41) is 17.9. The molecular weight excluding hydrogens is 266 g/mol. The van der Waals surface area contributed by atoms with Gasteiger partial charge in [-0.15, -0.1) is 0 Å². The van der Waals surface area contributed by atoms with E-state index in [2.05, 4.69) is 0 Å². The molecule has 1 aromatic carbocycles. The highest BCUT2D eigenvalue weighted by Gasteiger charge is 2.51. The zero-order chi connectivity index (χ0) is 14.4. The van der Waals surface area contributed by atoms with E-state index in [1.54, 1.807) is 6.07 Å². The van der Waals surface area contributed by atoms with Crippen molar-refractivity contribution in [3.05, 3.63) is 34.6 Å². The summed E-state index contributed by atoms with van der Waals surface area (Å²) in [7, 11) is 0. The van der Waals surface area contributed by atoms with Crippen LogP contribution in [0.4, 0.5) is 17.6 Å². The number of carboxylic acids is 1. The van der Waals surface area contributed by atoms with Gasteiger partial charge >= 0.3 is 12.1 Å². The zero-order valence-corrected chi connectivity index (χ0v) is 9.38. The van der Waals surface area contributed by atoms with Crippen LogP contribution in [0.15, 0.2) is 12.1 Å². The fourth-order valence-electron chi connectivity index (χ4n) is 1.98. The van der Waals surface area contributed by atoms with Gasteiger partial charge < -0.3 is 5.11 Å². The number of aromatic carboxylic acids is 1. The molecule has 1 aliphatic rings. The maximum atomic E-state index is 14.0. The molecule has 0 heterocycles.